The molecule has 17 heavy (non-hydrogen) atoms. The number of benzene rings is 1. The third-order valence-corrected chi connectivity index (χ3v) is 2.24. The summed E-state index contributed by atoms with van der Waals surface area (Å²) in [5.41, 5.74) is 7.65. The number of rotatable bonds is 2. The highest BCUT2D eigenvalue weighted by molar-refractivity contribution is 6.06. The standard InChI is InChI=1S/C12H12N4O/c1-8-3-4-9(10(13)7-8)11(17)16-12-14-5-2-6-15-12/h2-7H,13H2,1H3,(H,14,15,16,17). The summed E-state index contributed by atoms with van der Waals surface area (Å²) < 4.78 is 0. The SMILES string of the molecule is Cc1ccc(C(=O)Nc2ncccn2)c(N)c1. The number of carbonyl (C=O) groups excluding carboxylic acids is 1. The smallest absolute Gasteiger partial charge is 0.260 e. The summed E-state index contributed by atoms with van der Waals surface area (Å²) in [6.07, 6.45) is 3.11. The molecule has 0 spiro atoms. The van der Waals surface area contributed by atoms with E-state index in [1.54, 1.807) is 30.6 Å². The molecule has 86 valence electrons. The first-order chi connectivity index (χ1) is 8.16. The molecule has 0 radical (unpaired) electrons. The van der Waals surface area contributed by atoms with Gasteiger partial charge in [-0.3, -0.25) is 10.1 Å². The molecule has 0 aliphatic rings. The van der Waals surface area contributed by atoms with Crippen LogP contribution in [0.3, 0.4) is 0 Å². The van der Waals surface area contributed by atoms with E-state index in [0.717, 1.165) is 5.56 Å². The van der Waals surface area contributed by atoms with Crippen molar-refractivity contribution in [1.29, 1.82) is 0 Å². The lowest BCUT2D eigenvalue weighted by atomic mass is 10.1. The van der Waals surface area contributed by atoms with Crippen LogP contribution in [0, 0.1) is 6.92 Å². The predicted octanol–water partition coefficient (Wildman–Crippen LogP) is 1.62. The van der Waals surface area contributed by atoms with Gasteiger partial charge in [0.15, 0.2) is 0 Å². The number of nitrogens with one attached hydrogen (secondary N) is 1. The molecule has 1 amide bonds. The Hall–Kier alpha value is -2.43. The van der Waals surface area contributed by atoms with Gasteiger partial charge in [0.05, 0.1) is 5.56 Å². The van der Waals surface area contributed by atoms with E-state index >= 15 is 0 Å². The zero-order valence-corrected chi connectivity index (χ0v) is 9.34. The van der Waals surface area contributed by atoms with Gasteiger partial charge in [-0.1, -0.05) is 6.07 Å². The molecule has 0 unspecified atom stereocenters. The number of nitrogens with two attached hydrogens (primary N) is 1. The maximum Gasteiger partial charge on any atom is 0.260 e. The maximum atomic E-state index is 11.9. The van der Waals surface area contributed by atoms with Crippen molar-refractivity contribution < 1.29 is 4.79 Å². The van der Waals surface area contributed by atoms with E-state index in [9.17, 15) is 4.79 Å². The molecule has 0 bridgehead atoms. The zero-order chi connectivity index (χ0) is 12.3. The van der Waals surface area contributed by atoms with Crippen molar-refractivity contribution in [1.82, 2.24) is 9.97 Å². The lowest BCUT2D eigenvalue weighted by molar-refractivity contribution is 0.102. The Labute approximate surface area is 98.7 Å². The van der Waals surface area contributed by atoms with Crippen molar-refractivity contribution >= 4 is 17.5 Å². The number of carbonyl (C=O) groups is 1. The molecule has 0 saturated carbocycles. The fourth-order valence-corrected chi connectivity index (χ4v) is 1.42. The molecule has 1 aromatic heterocycles. The third-order valence-electron chi connectivity index (χ3n) is 2.24. The second-order valence-electron chi connectivity index (χ2n) is 3.62. The first-order valence-electron chi connectivity index (χ1n) is 5.11. The van der Waals surface area contributed by atoms with E-state index in [0.29, 0.717) is 11.3 Å². The summed E-state index contributed by atoms with van der Waals surface area (Å²) >= 11 is 0. The number of aromatic nitrogens is 2. The van der Waals surface area contributed by atoms with Gasteiger partial charge in [0.1, 0.15) is 0 Å². The molecule has 0 aliphatic carbocycles. The van der Waals surface area contributed by atoms with Crippen LogP contribution in [-0.2, 0) is 0 Å². The number of hydrogen-bond acceptors (Lipinski definition) is 4. The molecule has 2 aromatic rings. The molecule has 0 saturated heterocycles. The van der Waals surface area contributed by atoms with Gasteiger partial charge in [-0.15, -0.1) is 0 Å². The minimum absolute atomic E-state index is 0.262. The zero-order valence-electron chi connectivity index (χ0n) is 9.34. The van der Waals surface area contributed by atoms with Crippen LogP contribution in [0.25, 0.3) is 0 Å². The van der Waals surface area contributed by atoms with Crippen molar-refractivity contribution in [3.8, 4) is 0 Å². The average molecular weight is 228 g/mol. The topological polar surface area (TPSA) is 80.9 Å². The van der Waals surface area contributed by atoms with E-state index in [4.69, 9.17) is 5.73 Å². The van der Waals surface area contributed by atoms with Gasteiger partial charge in [0.25, 0.3) is 5.91 Å². The summed E-state index contributed by atoms with van der Waals surface area (Å²) in [6.45, 7) is 1.92. The van der Waals surface area contributed by atoms with Crippen molar-refractivity contribution in [2.24, 2.45) is 0 Å². The Morgan fingerprint density at radius 3 is 2.65 bits per heavy atom. The van der Waals surface area contributed by atoms with Crippen LogP contribution >= 0.6 is 0 Å². The quantitative estimate of drug-likeness (QED) is 0.765. The second kappa shape index (κ2) is 4.61. The van der Waals surface area contributed by atoms with Crippen LogP contribution in [-0.4, -0.2) is 15.9 Å². The number of aryl methyl sites for hydroxylation is 1. The molecule has 0 fully saturated rings. The number of amides is 1. The second-order valence-corrected chi connectivity index (χ2v) is 3.62. The minimum Gasteiger partial charge on any atom is -0.398 e. The Balaban J connectivity index is 2.21. The predicted molar refractivity (Wildman–Crippen MR) is 65.6 cm³/mol. The van der Waals surface area contributed by atoms with Gasteiger partial charge in [-0.05, 0) is 30.7 Å². The van der Waals surface area contributed by atoms with Crippen molar-refractivity contribution in [3.05, 3.63) is 47.8 Å². The summed E-state index contributed by atoms with van der Waals surface area (Å²) in [7, 11) is 0. The summed E-state index contributed by atoms with van der Waals surface area (Å²) in [4.78, 5) is 19.7. The summed E-state index contributed by atoms with van der Waals surface area (Å²) in [6, 6.07) is 6.94. The fourth-order valence-electron chi connectivity index (χ4n) is 1.42. The van der Waals surface area contributed by atoms with E-state index in [1.807, 2.05) is 13.0 Å². The Kier molecular flexibility index (Phi) is 3.00. The van der Waals surface area contributed by atoms with Crippen LogP contribution in [0.5, 0.6) is 0 Å². The van der Waals surface area contributed by atoms with E-state index < -0.39 is 0 Å². The lowest BCUT2D eigenvalue weighted by Crippen LogP contribution is -2.15. The van der Waals surface area contributed by atoms with Gasteiger partial charge in [-0.2, -0.15) is 0 Å². The Morgan fingerprint density at radius 2 is 2.00 bits per heavy atom. The van der Waals surface area contributed by atoms with Crippen LogP contribution in [0.2, 0.25) is 0 Å². The maximum absolute atomic E-state index is 11.9. The van der Waals surface area contributed by atoms with Crippen LogP contribution < -0.4 is 11.1 Å². The number of nitrogens with zero attached hydrogens (tertiary/aromatic N) is 2. The Bertz CT molecular complexity index is 539. The van der Waals surface area contributed by atoms with E-state index in [2.05, 4.69) is 15.3 Å². The molecule has 5 nitrogen and oxygen atoms in total. The molecule has 2 rings (SSSR count). The highest BCUT2D eigenvalue weighted by Gasteiger charge is 2.10. The normalized spacial score (nSPS) is 9.94. The molecule has 0 atom stereocenters. The van der Waals surface area contributed by atoms with Crippen LogP contribution in [0.4, 0.5) is 11.6 Å². The van der Waals surface area contributed by atoms with Gasteiger partial charge in [0.2, 0.25) is 5.95 Å². The van der Waals surface area contributed by atoms with Crippen molar-refractivity contribution in [2.45, 2.75) is 6.92 Å². The average Bonchev–Trinajstić information content (AvgIpc) is 2.30. The first-order valence-corrected chi connectivity index (χ1v) is 5.11. The molecule has 0 aliphatic heterocycles. The molecule has 1 heterocycles. The molecule has 5 heteroatoms. The monoisotopic (exact) mass is 228 g/mol. The van der Waals surface area contributed by atoms with Crippen LogP contribution in [0.1, 0.15) is 15.9 Å². The van der Waals surface area contributed by atoms with Crippen molar-refractivity contribution in [3.63, 3.8) is 0 Å². The summed E-state index contributed by atoms with van der Waals surface area (Å²) in [5.74, 6) is -0.0498. The number of nitrogen functional groups attached to an aromatic ring is 1. The Morgan fingerprint density at radius 1 is 1.29 bits per heavy atom. The highest BCUT2D eigenvalue weighted by atomic mass is 16.1. The van der Waals surface area contributed by atoms with Gasteiger partial charge < -0.3 is 5.73 Å². The van der Waals surface area contributed by atoms with Gasteiger partial charge >= 0.3 is 0 Å². The van der Waals surface area contributed by atoms with Crippen molar-refractivity contribution in [2.75, 3.05) is 11.1 Å². The number of anilines is 2. The summed E-state index contributed by atoms with van der Waals surface area (Å²) in [5, 5.41) is 2.58. The van der Waals surface area contributed by atoms with Crippen LogP contribution in [0.15, 0.2) is 36.7 Å². The lowest BCUT2D eigenvalue weighted by Gasteiger charge is -2.06. The fraction of sp³-hybridized carbons (Fsp3) is 0.0833. The largest absolute Gasteiger partial charge is 0.398 e. The number of hydrogen-bond donors (Lipinski definition) is 2. The first kappa shape index (κ1) is 11.1. The molecular formula is C12H12N4O. The molecule has 1 aromatic carbocycles. The van der Waals surface area contributed by atoms with E-state index in [1.165, 1.54) is 0 Å². The van der Waals surface area contributed by atoms with E-state index in [-0.39, 0.29) is 11.9 Å². The van der Waals surface area contributed by atoms with Gasteiger partial charge in [-0.25, -0.2) is 9.97 Å². The minimum atomic E-state index is -0.311. The molecular weight excluding hydrogens is 216 g/mol. The van der Waals surface area contributed by atoms with Gasteiger partial charge in [0, 0.05) is 18.1 Å². The third kappa shape index (κ3) is 2.57. The highest BCUT2D eigenvalue weighted by Crippen LogP contribution is 2.14. The molecule has 3 N–H and O–H groups in total.